The van der Waals surface area contributed by atoms with Gasteiger partial charge in [-0.1, -0.05) is 0 Å². The summed E-state index contributed by atoms with van der Waals surface area (Å²) in [6.07, 6.45) is 1.71. The summed E-state index contributed by atoms with van der Waals surface area (Å²) in [4.78, 5) is 4.79. The Kier molecular flexibility index (Phi) is 3.82. The highest BCUT2D eigenvalue weighted by atomic mass is 15.3. The van der Waals surface area contributed by atoms with Crippen LogP contribution in [0.5, 0.6) is 0 Å². The first-order valence-corrected chi connectivity index (χ1v) is 6.53. The van der Waals surface area contributed by atoms with E-state index in [0.717, 1.165) is 37.6 Å². The zero-order valence-electron chi connectivity index (χ0n) is 11.6. The quantitative estimate of drug-likeness (QED) is 0.842. The molecule has 0 bridgehead atoms. The minimum atomic E-state index is 0.241. The Bertz CT molecular complexity index is 391. The summed E-state index contributed by atoms with van der Waals surface area (Å²) in [5.74, 6) is 0.952. The first-order valence-electron chi connectivity index (χ1n) is 6.53. The number of aromatic nitrogens is 2. The van der Waals surface area contributed by atoms with Crippen LogP contribution in [0.1, 0.15) is 26.3 Å². The van der Waals surface area contributed by atoms with Gasteiger partial charge in [-0.3, -0.25) is 4.90 Å². The van der Waals surface area contributed by atoms with E-state index in [9.17, 15) is 0 Å². The summed E-state index contributed by atoms with van der Waals surface area (Å²) in [7, 11) is 0. The van der Waals surface area contributed by atoms with Gasteiger partial charge in [-0.2, -0.15) is 5.10 Å². The minimum absolute atomic E-state index is 0.241. The van der Waals surface area contributed by atoms with E-state index in [-0.39, 0.29) is 5.54 Å². The Balaban J connectivity index is 2.06. The van der Waals surface area contributed by atoms with Gasteiger partial charge in [0.15, 0.2) is 5.82 Å². The lowest BCUT2D eigenvalue weighted by Gasteiger charge is -2.42. The molecule has 5 heteroatoms. The molecule has 0 unspecified atom stereocenters. The number of hydrogen-bond donors (Lipinski definition) is 1. The van der Waals surface area contributed by atoms with Crippen molar-refractivity contribution >= 4 is 5.82 Å². The molecular formula is C13H23N5. The smallest absolute Gasteiger partial charge is 0.155 e. The second kappa shape index (κ2) is 5.20. The van der Waals surface area contributed by atoms with Crippen LogP contribution >= 0.6 is 0 Å². The Morgan fingerprint density at radius 2 is 1.89 bits per heavy atom. The molecule has 18 heavy (non-hydrogen) atoms. The van der Waals surface area contributed by atoms with Crippen LogP contribution < -0.4 is 10.6 Å². The summed E-state index contributed by atoms with van der Waals surface area (Å²) in [5, 5.41) is 8.21. The molecule has 0 aliphatic carbocycles. The molecule has 100 valence electrons. The van der Waals surface area contributed by atoms with E-state index >= 15 is 0 Å². The molecule has 0 atom stereocenters. The molecule has 2 heterocycles. The second-order valence-corrected chi connectivity index (χ2v) is 5.73. The van der Waals surface area contributed by atoms with Crippen molar-refractivity contribution in [1.82, 2.24) is 15.1 Å². The van der Waals surface area contributed by atoms with Crippen molar-refractivity contribution in [2.24, 2.45) is 5.73 Å². The SMILES string of the molecule is CC(C)(C)N1CCN(c2nnccc2CN)CC1. The highest BCUT2D eigenvalue weighted by Crippen LogP contribution is 2.21. The Labute approximate surface area is 109 Å². The van der Waals surface area contributed by atoms with E-state index in [2.05, 4.69) is 40.8 Å². The summed E-state index contributed by atoms with van der Waals surface area (Å²) in [6.45, 7) is 11.4. The van der Waals surface area contributed by atoms with Crippen molar-refractivity contribution in [1.29, 1.82) is 0 Å². The predicted molar refractivity (Wildman–Crippen MR) is 73.5 cm³/mol. The normalized spacial score (nSPS) is 18.1. The molecule has 5 nitrogen and oxygen atoms in total. The molecule has 2 rings (SSSR count). The van der Waals surface area contributed by atoms with E-state index in [4.69, 9.17) is 5.73 Å². The molecule has 2 N–H and O–H groups in total. The maximum Gasteiger partial charge on any atom is 0.155 e. The van der Waals surface area contributed by atoms with Gasteiger partial charge in [0.1, 0.15) is 0 Å². The average molecular weight is 249 g/mol. The highest BCUT2D eigenvalue weighted by molar-refractivity contribution is 5.45. The molecule has 0 spiro atoms. The lowest BCUT2D eigenvalue weighted by atomic mass is 10.0. The zero-order chi connectivity index (χ0) is 13.2. The third-order valence-corrected chi connectivity index (χ3v) is 3.53. The van der Waals surface area contributed by atoms with Crippen LogP contribution in [0.4, 0.5) is 5.82 Å². The van der Waals surface area contributed by atoms with E-state index in [0.29, 0.717) is 6.54 Å². The molecule has 0 amide bonds. The number of nitrogens with zero attached hydrogens (tertiary/aromatic N) is 4. The van der Waals surface area contributed by atoms with E-state index < -0.39 is 0 Å². The standard InChI is InChI=1S/C13H23N5/c1-13(2,3)18-8-6-17(7-9-18)12-11(10-14)4-5-15-16-12/h4-5H,6-10,14H2,1-3H3. The second-order valence-electron chi connectivity index (χ2n) is 5.73. The van der Waals surface area contributed by atoms with Crippen molar-refractivity contribution in [2.75, 3.05) is 31.1 Å². The lowest BCUT2D eigenvalue weighted by molar-refractivity contribution is 0.128. The summed E-state index contributed by atoms with van der Waals surface area (Å²) < 4.78 is 0. The van der Waals surface area contributed by atoms with Gasteiger partial charge in [0.2, 0.25) is 0 Å². The van der Waals surface area contributed by atoms with Gasteiger partial charge in [0.05, 0.1) is 6.20 Å². The zero-order valence-corrected chi connectivity index (χ0v) is 11.6. The first kappa shape index (κ1) is 13.2. The Hall–Kier alpha value is -1.20. The maximum atomic E-state index is 5.75. The van der Waals surface area contributed by atoms with E-state index in [1.54, 1.807) is 6.20 Å². The van der Waals surface area contributed by atoms with Crippen molar-refractivity contribution in [3.63, 3.8) is 0 Å². The first-order chi connectivity index (χ1) is 8.52. The van der Waals surface area contributed by atoms with Crippen molar-refractivity contribution in [2.45, 2.75) is 32.9 Å². The molecule has 1 saturated heterocycles. The fourth-order valence-electron chi connectivity index (χ4n) is 2.36. The lowest BCUT2D eigenvalue weighted by Crippen LogP contribution is -2.53. The van der Waals surface area contributed by atoms with Gasteiger partial charge in [-0.25, -0.2) is 0 Å². The van der Waals surface area contributed by atoms with Gasteiger partial charge in [-0.05, 0) is 26.8 Å². The predicted octanol–water partition coefficient (Wildman–Crippen LogP) is 0.856. The van der Waals surface area contributed by atoms with Crippen molar-refractivity contribution in [3.8, 4) is 0 Å². The number of nitrogens with two attached hydrogens (primary N) is 1. The molecule has 0 radical (unpaired) electrons. The molecule has 1 aromatic heterocycles. The van der Waals surface area contributed by atoms with Crippen molar-refractivity contribution < 1.29 is 0 Å². The minimum Gasteiger partial charge on any atom is -0.352 e. The molecule has 1 fully saturated rings. The number of piperazine rings is 1. The fourth-order valence-corrected chi connectivity index (χ4v) is 2.36. The molecular weight excluding hydrogens is 226 g/mol. The van der Waals surface area contributed by atoms with E-state index in [1.165, 1.54) is 0 Å². The molecule has 0 saturated carbocycles. The summed E-state index contributed by atoms with van der Waals surface area (Å²) >= 11 is 0. The van der Waals surface area contributed by atoms with Gasteiger partial charge in [0.25, 0.3) is 0 Å². The van der Waals surface area contributed by atoms with Crippen LogP contribution in [-0.4, -0.2) is 46.8 Å². The van der Waals surface area contributed by atoms with Crippen LogP contribution in [0.25, 0.3) is 0 Å². The largest absolute Gasteiger partial charge is 0.352 e. The third-order valence-electron chi connectivity index (χ3n) is 3.53. The van der Waals surface area contributed by atoms with Crippen LogP contribution in [0.3, 0.4) is 0 Å². The van der Waals surface area contributed by atoms with E-state index in [1.807, 2.05) is 6.07 Å². The monoisotopic (exact) mass is 249 g/mol. The van der Waals surface area contributed by atoms with Crippen molar-refractivity contribution in [3.05, 3.63) is 17.8 Å². The highest BCUT2D eigenvalue weighted by Gasteiger charge is 2.26. The Morgan fingerprint density at radius 1 is 1.22 bits per heavy atom. The van der Waals surface area contributed by atoms with Gasteiger partial charge in [-0.15, -0.1) is 5.10 Å². The topological polar surface area (TPSA) is 58.3 Å². The average Bonchev–Trinajstić information content (AvgIpc) is 2.38. The number of hydrogen-bond acceptors (Lipinski definition) is 5. The number of anilines is 1. The third kappa shape index (κ3) is 2.79. The van der Waals surface area contributed by atoms with Crippen LogP contribution in [0.15, 0.2) is 12.3 Å². The van der Waals surface area contributed by atoms with Crippen LogP contribution in [0.2, 0.25) is 0 Å². The van der Waals surface area contributed by atoms with Gasteiger partial charge in [0, 0.05) is 43.8 Å². The summed E-state index contributed by atoms with van der Waals surface area (Å²) in [5.41, 5.74) is 7.07. The van der Waals surface area contributed by atoms with Crippen LogP contribution in [0, 0.1) is 0 Å². The number of rotatable bonds is 2. The molecule has 0 aromatic carbocycles. The molecule has 1 aliphatic rings. The molecule has 1 aliphatic heterocycles. The molecule has 1 aromatic rings. The fraction of sp³-hybridized carbons (Fsp3) is 0.692. The van der Waals surface area contributed by atoms with Gasteiger partial charge < -0.3 is 10.6 Å². The Morgan fingerprint density at radius 3 is 2.44 bits per heavy atom. The maximum absolute atomic E-state index is 5.75. The van der Waals surface area contributed by atoms with Gasteiger partial charge >= 0.3 is 0 Å². The van der Waals surface area contributed by atoms with Crippen LogP contribution in [-0.2, 0) is 6.54 Å². The summed E-state index contributed by atoms with van der Waals surface area (Å²) in [6, 6.07) is 1.96.